The van der Waals surface area contributed by atoms with Crippen molar-refractivity contribution in [3.63, 3.8) is 0 Å². The molecule has 1 heterocycles. The molecule has 31 heavy (non-hydrogen) atoms. The fourth-order valence-electron chi connectivity index (χ4n) is 2.72. The molecule has 0 spiro atoms. The second-order valence-electron chi connectivity index (χ2n) is 6.22. The van der Waals surface area contributed by atoms with Gasteiger partial charge in [-0.1, -0.05) is 24.3 Å². The molecule has 2 aromatic carbocycles. The quantitative estimate of drug-likeness (QED) is 0.438. The first-order valence-electron chi connectivity index (χ1n) is 9.10. The van der Waals surface area contributed by atoms with E-state index in [4.69, 9.17) is 4.74 Å². The van der Waals surface area contributed by atoms with Crippen molar-refractivity contribution in [3.8, 4) is 11.5 Å². The second kappa shape index (κ2) is 10.1. The minimum absolute atomic E-state index is 0.0648. The number of methoxy groups -OCH3 is 1. The van der Waals surface area contributed by atoms with Crippen molar-refractivity contribution in [2.45, 2.75) is 19.1 Å². The Morgan fingerprint density at radius 1 is 1.23 bits per heavy atom. The number of hydrazone groups is 1. The van der Waals surface area contributed by atoms with Crippen molar-refractivity contribution in [2.24, 2.45) is 10.1 Å². The van der Waals surface area contributed by atoms with E-state index in [2.05, 4.69) is 30.9 Å². The standard InChI is InChI=1S/C20H19F2N5O4/c1-30-15-8-4-2-6-12(15)11-23-27-20-25-14(18(29)26-20)10-17(28)24-13-7-3-5-9-16(13)31-19(21)22/h2-9,11,14,19H,10H2,1H3,(H,24,28)(H2,25,26,27,29)/b23-11+. The summed E-state index contributed by atoms with van der Waals surface area (Å²) in [6, 6.07) is 12.0. The van der Waals surface area contributed by atoms with Gasteiger partial charge in [0, 0.05) is 5.56 Å². The smallest absolute Gasteiger partial charge is 0.387 e. The van der Waals surface area contributed by atoms with Crippen LogP contribution in [0.2, 0.25) is 0 Å². The molecule has 9 nitrogen and oxygen atoms in total. The lowest BCUT2D eigenvalue weighted by Gasteiger charge is -2.12. The summed E-state index contributed by atoms with van der Waals surface area (Å²) in [7, 11) is 1.54. The lowest BCUT2D eigenvalue weighted by atomic mass is 10.2. The summed E-state index contributed by atoms with van der Waals surface area (Å²) < 4.78 is 34.5. The Morgan fingerprint density at radius 2 is 1.94 bits per heavy atom. The van der Waals surface area contributed by atoms with E-state index in [1.54, 1.807) is 18.2 Å². The number of guanidine groups is 1. The molecule has 0 aliphatic carbocycles. The zero-order valence-electron chi connectivity index (χ0n) is 16.3. The van der Waals surface area contributed by atoms with Crippen LogP contribution >= 0.6 is 0 Å². The minimum Gasteiger partial charge on any atom is -0.496 e. The van der Waals surface area contributed by atoms with Crippen LogP contribution in [-0.4, -0.2) is 43.8 Å². The first-order chi connectivity index (χ1) is 15.0. The molecule has 0 aromatic heterocycles. The fraction of sp³-hybridized carbons (Fsp3) is 0.200. The van der Waals surface area contributed by atoms with E-state index >= 15 is 0 Å². The van der Waals surface area contributed by atoms with Crippen LogP contribution in [0.15, 0.2) is 58.6 Å². The average Bonchev–Trinajstić information content (AvgIpc) is 3.08. The van der Waals surface area contributed by atoms with Crippen molar-refractivity contribution in [2.75, 3.05) is 12.4 Å². The van der Waals surface area contributed by atoms with Gasteiger partial charge in [-0.15, -0.1) is 0 Å². The van der Waals surface area contributed by atoms with Crippen molar-refractivity contribution in [1.82, 2.24) is 10.7 Å². The van der Waals surface area contributed by atoms with Gasteiger partial charge in [0.2, 0.25) is 11.9 Å². The largest absolute Gasteiger partial charge is 0.496 e. The normalized spacial score (nSPS) is 15.5. The molecule has 1 atom stereocenters. The van der Waals surface area contributed by atoms with Crippen LogP contribution in [0.1, 0.15) is 12.0 Å². The molecule has 1 aliphatic heterocycles. The van der Waals surface area contributed by atoms with Crippen molar-refractivity contribution in [3.05, 3.63) is 54.1 Å². The fourth-order valence-corrected chi connectivity index (χ4v) is 2.72. The van der Waals surface area contributed by atoms with Gasteiger partial charge in [-0.25, -0.2) is 10.4 Å². The predicted molar refractivity (Wildman–Crippen MR) is 109 cm³/mol. The Bertz CT molecular complexity index is 1010. The van der Waals surface area contributed by atoms with Gasteiger partial charge in [0.1, 0.15) is 17.5 Å². The topological polar surface area (TPSA) is 113 Å². The summed E-state index contributed by atoms with van der Waals surface area (Å²) in [5.41, 5.74) is 3.37. The van der Waals surface area contributed by atoms with Gasteiger partial charge in [0.25, 0.3) is 5.91 Å². The maximum Gasteiger partial charge on any atom is 0.387 e. The number of carbonyl (C=O) groups excluding carboxylic acids is 2. The molecule has 0 saturated carbocycles. The van der Waals surface area contributed by atoms with Gasteiger partial charge < -0.3 is 14.8 Å². The summed E-state index contributed by atoms with van der Waals surface area (Å²) in [5.74, 6) is -0.569. The van der Waals surface area contributed by atoms with E-state index in [0.717, 1.165) is 0 Å². The number of hydrogen-bond donors (Lipinski definition) is 3. The molecule has 162 valence electrons. The molecule has 2 aromatic rings. The maximum absolute atomic E-state index is 12.5. The number of hydrogen-bond acceptors (Lipinski definition) is 7. The Labute approximate surface area is 176 Å². The number of ether oxygens (including phenoxy) is 2. The van der Waals surface area contributed by atoms with Gasteiger partial charge in [0.05, 0.1) is 25.4 Å². The number of rotatable bonds is 8. The molecule has 2 amide bonds. The lowest BCUT2D eigenvalue weighted by Crippen LogP contribution is -2.35. The number of para-hydroxylation sites is 3. The van der Waals surface area contributed by atoms with Crippen LogP contribution in [0.25, 0.3) is 0 Å². The number of nitrogens with one attached hydrogen (secondary N) is 3. The van der Waals surface area contributed by atoms with E-state index in [1.165, 1.54) is 31.5 Å². The Hall–Kier alpha value is -4.02. The molecule has 0 saturated heterocycles. The van der Waals surface area contributed by atoms with E-state index in [0.29, 0.717) is 11.3 Å². The van der Waals surface area contributed by atoms with Crippen molar-refractivity contribution in [1.29, 1.82) is 0 Å². The first kappa shape index (κ1) is 21.7. The van der Waals surface area contributed by atoms with E-state index in [-0.39, 0.29) is 23.8 Å². The summed E-state index contributed by atoms with van der Waals surface area (Å²) >= 11 is 0. The molecule has 1 aliphatic rings. The number of amides is 2. The second-order valence-corrected chi connectivity index (χ2v) is 6.22. The number of alkyl halides is 2. The zero-order valence-corrected chi connectivity index (χ0v) is 16.3. The summed E-state index contributed by atoms with van der Waals surface area (Å²) in [5, 5.41) is 8.92. The van der Waals surface area contributed by atoms with E-state index < -0.39 is 24.5 Å². The number of halogens is 2. The number of aliphatic imine (C=N–C) groups is 1. The Kier molecular flexibility index (Phi) is 7.09. The summed E-state index contributed by atoms with van der Waals surface area (Å²) in [6.45, 7) is -3.03. The molecule has 11 heteroatoms. The lowest BCUT2D eigenvalue weighted by molar-refractivity contribution is -0.123. The third-order valence-corrected chi connectivity index (χ3v) is 4.10. The Balaban J connectivity index is 1.58. The van der Waals surface area contributed by atoms with E-state index in [9.17, 15) is 18.4 Å². The van der Waals surface area contributed by atoms with Crippen LogP contribution in [0.3, 0.4) is 0 Å². The van der Waals surface area contributed by atoms with Gasteiger partial charge in [-0.3, -0.25) is 14.9 Å². The highest BCUT2D eigenvalue weighted by atomic mass is 19.3. The first-order valence-corrected chi connectivity index (χ1v) is 9.10. The average molecular weight is 431 g/mol. The SMILES string of the molecule is COc1ccccc1/C=N/NC1=NC(CC(=O)Nc2ccccc2OC(F)F)C(=O)N1. The number of carbonyl (C=O) groups is 2. The number of anilines is 1. The molecule has 0 bridgehead atoms. The van der Waals surface area contributed by atoms with Gasteiger partial charge >= 0.3 is 6.61 Å². The molecular formula is C20H19F2N5O4. The van der Waals surface area contributed by atoms with Crippen LogP contribution in [0.5, 0.6) is 11.5 Å². The van der Waals surface area contributed by atoms with Crippen LogP contribution in [-0.2, 0) is 9.59 Å². The van der Waals surface area contributed by atoms with Crippen molar-refractivity contribution >= 4 is 29.7 Å². The molecule has 3 N–H and O–H groups in total. The minimum atomic E-state index is -3.03. The molecular weight excluding hydrogens is 412 g/mol. The molecule has 1 unspecified atom stereocenters. The number of benzene rings is 2. The number of nitrogens with zero attached hydrogens (tertiary/aromatic N) is 2. The van der Waals surface area contributed by atoms with Gasteiger partial charge in [-0.2, -0.15) is 13.9 Å². The third kappa shape index (κ3) is 5.98. The summed E-state index contributed by atoms with van der Waals surface area (Å²) in [4.78, 5) is 28.4. The molecule has 0 radical (unpaired) electrons. The summed E-state index contributed by atoms with van der Waals surface area (Å²) in [6.07, 6.45) is 1.20. The van der Waals surface area contributed by atoms with Crippen LogP contribution in [0.4, 0.5) is 14.5 Å². The van der Waals surface area contributed by atoms with E-state index in [1.807, 2.05) is 12.1 Å². The predicted octanol–water partition coefficient (Wildman–Crippen LogP) is 2.10. The zero-order chi connectivity index (χ0) is 22.2. The van der Waals surface area contributed by atoms with Crippen LogP contribution < -0.4 is 25.5 Å². The highest BCUT2D eigenvalue weighted by Gasteiger charge is 2.28. The third-order valence-electron chi connectivity index (χ3n) is 4.10. The molecule has 3 rings (SSSR count). The maximum atomic E-state index is 12.5. The highest BCUT2D eigenvalue weighted by molar-refractivity contribution is 6.07. The van der Waals surface area contributed by atoms with Crippen LogP contribution in [0, 0.1) is 0 Å². The monoisotopic (exact) mass is 431 g/mol. The van der Waals surface area contributed by atoms with Crippen molar-refractivity contribution < 1.29 is 27.8 Å². The van der Waals surface area contributed by atoms with Gasteiger partial charge in [-0.05, 0) is 24.3 Å². The highest BCUT2D eigenvalue weighted by Crippen LogP contribution is 2.25. The molecule has 0 fully saturated rings. The van der Waals surface area contributed by atoms with Gasteiger partial charge in [0.15, 0.2) is 0 Å². The Morgan fingerprint density at radius 3 is 2.68 bits per heavy atom.